The van der Waals surface area contributed by atoms with Crippen LogP contribution in [0.3, 0.4) is 0 Å². The highest BCUT2D eigenvalue weighted by Gasteiger charge is 2.17. The predicted molar refractivity (Wildman–Crippen MR) is 61.7 cm³/mol. The van der Waals surface area contributed by atoms with Gasteiger partial charge in [-0.2, -0.15) is 5.10 Å². The van der Waals surface area contributed by atoms with Gasteiger partial charge < -0.3 is 5.73 Å². The SMILES string of the molecule is NCCn1nccc1C1CCCCCC1. The second-order valence-electron chi connectivity index (χ2n) is 4.46. The van der Waals surface area contributed by atoms with E-state index in [0.717, 1.165) is 12.5 Å². The molecule has 1 fully saturated rings. The lowest BCUT2D eigenvalue weighted by molar-refractivity contribution is 0.508. The fourth-order valence-electron chi connectivity index (χ4n) is 2.57. The van der Waals surface area contributed by atoms with Crippen LogP contribution in [0.1, 0.15) is 50.1 Å². The highest BCUT2D eigenvalue weighted by molar-refractivity contribution is 5.08. The first-order valence-electron chi connectivity index (χ1n) is 6.13. The lowest BCUT2D eigenvalue weighted by atomic mass is 9.96. The summed E-state index contributed by atoms with van der Waals surface area (Å²) in [4.78, 5) is 0. The minimum atomic E-state index is 0.682. The van der Waals surface area contributed by atoms with Gasteiger partial charge >= 0.3 is 0 Å². The van der Waals surface area contributed by atoms with Crippen molar-refractivity contribution in [2.24, 2.45) is 5.73 Å². The maximum Gasteiger partial charge on any atom is 0.0535 e. The molecule has 15 heavy (non-hydrogen) atoms. The third-order valence-electron chi connectivity index (χ3n) is 3.36. The molecule has 1 saturated carbocycles. The van der Waals surface area contributed by atoms with E-state index in [2.05, 4.69) is 15.8 Å². The third kappa shape index (κ3) is 2.59. The molecule has 0 aromatic carbocycles. The first kappa shape index (κ1) is 10.7. The number of rotatable bonds is 3. The Balaban J connectivity index is 2.08. The molecule has 84 valence electrons. The van der Waals surface area contributed by atoms with Gasteiger partial charge in [-0.15, -0.1) is 0 Å². The summed E-state index contributed by atoms with van der Waals surface area (Å²) in [5.74, 6) is 0.724. The number of hydrogen-bond acceptors (Lipinski definition) is 2. The lowest BCUT2D eigenvalue weighted by Gasteiger charge is -2.15. The molecule has 0 radical (unpaired) electrons. The first-order chi connectivity index (χ1) is 7.42. The Bertz CT molecular complexity index is 285. The first-order valence-corrected chi connectivity index (χ1v) is 6.13. The van der Waals surface area contributed by atoms with Gasteiger partial charge in [-0.3, -0.25) is 4.68 Å². The molecule has 3 heteroatoms. The summed E-state index contributed by atoms with van der Waals surface area (Å²) in [7, 11) is 0. The van der Waals surface area contributed by atoms with E-state index in [-0.39, 0.29) is 0 Å². The summed E-state index contributed by atoms with van der Waals surface area (Å²) < 4.78 is 2.09. The average molecular weight is 207 g/mol. The van der Waals surface area contributed by atoms with E-state index in [1.54, 1.807) is 0 Å². The predicted octanol–water partition coefficient (Wildman–Crippen LogP) is 2.28. The third-order valence-corrected chi connectivity index (χ3v) is 3.36. The van der Waals surface area contributed by atoms with E-state index in [0.29, 0.717) is 6.54 Å². The van der Waals surface area contributed by atoms with Crippen molar-refractivity contribution in [2.45, 2.75) is 51.0 Å². The van der Waals surface area contributed by atoms with E-state index in [9.17, 15) is 0 Å². The van der Waals surface area contributed by atoms with Crippen LogP contribution in [0, 0.1) is 0 Å². The highest BCUT2D eigenvalue weighted by Crippen LogP contribution is 2.31. The molecule has 0 spiro atoms. The van der Waals surface area contributed by atoms with E-state index in [1.807, 2.05) is 6.20 Å². The summed E-state index contributed by atoms with van der Waals surface area (Å²) in [6.07, 6.45) is 10.1. The molecule has 1 aliphatic rings. The maximum absolute atomic E-state index is 5.59. The van der Waals surface area contributed by atoms with Crippen molar-refractivity contribution < 1.29 is 0 Å². The van der Waals surface area contributed by atoms with Gasteiger partial charge in [0, 0.05) is 24.4 Å². The minimum Gasteiger partial charge on any atom is -0.329 e. The van der Waals surface area contributed by atoms with E-state index in [1.165, 1.54) is 44.2 Å². The summed E-state index contributed by atoms with van der Waals surface area (Å²) in [6.45, 7) is 1.54. The smallest absolute Gasteiger partial charge is 0.0535 e. The van der Waals surface area contributed by atoms with Crippen molar-refractivity contribution >= 4 is 0 Å². The highest BCUT2D eigenvalue weighted by atomic mass is 15.3. The van der Waals surface area contributed by atoms with Crippen LogP contribution in [0.15, 0.2) is 12.3 Å². The second-order valence-corrected chi connectivity index (χ2v) is 4.46. The van der Waals surface area contributed by atoms with Gasteiger partial charge in [0.15, 0.2) is 0 Å². The van der Waals surface area contributed by atoms with Crippen molar-refractivity contribution in [1.29, 1.82) is 0 Å². The van der Waals surface area contributed by atoms with Crippen LogP contribution < -0.4 is 5.73 Å². The molecule has 2 rings (SSSR count). The summed E-state index contributed by atoms with van der Waals surface area (Å²) in [5.41, 5.74) is 6.99. The van der Waals surface area contributed by atoms with Gasteiger partial charge in [0.25, 0.3) is 0 Å². The van der Waals surface area contributed by atoms with Gasteiger partial charge in [0.05, 0.1) is 6.54 Å². The van der Waals surface area contributed by atoms with Gasteiger partial charge in [-0.05, 0) is 18.9 Å². The quantitative estimate of drug-likeness (QED) is 0.773. The monoisotopic (exact) mass is 207 g/mol. The maximum atomic E-state index is 5.59. The van der Waals surface area contributed by atoms with E-state index in [4.69, 9.17) is 5.73 Å². The molecule has 0 unspecified atom stereocenters. The van der Waals surface area contributed by atoms with Crippen LogP contribution in [-0.4, -0.2) is 16.3 Å². The Morgan fingerprint density at radius 2 is 2.00 bits per heavy atom. The Morgan fingerprint density at radius 1 is 1.27 bits per heavy atom. The lowest BCUT2D eigenvalue weighted by Crippen LogP contribution is -2.15. The fourth-order valence-corrected chi connectivity index (χ4v) is 2.57. The zero-order chi connectivity index (χ0) is 10.5. The van der Waals surface area contributed by atoms with Crippen LogP contribution >= 0.6 is 0 Å². The van der Waals surface area contributed by atoms with Gasteiger partial charge in [-0.1, -0.05) is 25.7 Å². The molecule has 0 bridgehead atoms. The molecule has 1 aliphatic carbocycles. The Labute approximate surface area is 91.7 Å². The van der Waals surface area contributed by atoms with Crippen LogP contribution in [0.2, 0.25) is 0 Å². The molecule has 0 atom stereocenters. The number of nitrogens with zero attached hydrogens (tertiary/aromatic N) is 2. The van der Waals surface area contributed by atoms with Gasteiger partial charge in [0.1, 0.15) is 0 Å². The molecule has 0 saturated heterocycles. The van der Waals surface area contributed by atoms with Crippen LogP contribution in [0.4, 0.5) is 0 Å². The molecule has 1 aromatic rings. The van der Waals surface area contributed by atoms with E-state index >= 15 is 0 Å². The van der Waals surface area contributed by atoms with Crippen molar-refractivity contribution in [3.8, 4) is 0 Å². The van der Waals surface area contributed by atoms with E-state index < -0.39 is 0 Å². The molecule has 2 N–H and O–H groups in total. The van der Waals surface area contributed by atoms with Crippen LogP contribution in [0.5, 0.6) is 0 Å². The second kappa shape index (κ2) is 5.31. The normalized spacial score (nSPS) is 19.0. The molecular weight excluding hydrogens is 186 g/mol. The topological polar surface area (TPSA) is 43.8 Å². The van der Waals surface area contributed by atoms with Gasteiger partial charge in [-0.25, -0.2) is 0 Å². The van der Waals surface area contributed by atoms with Crippen LogP contribution in [-0.2, 0) is 6.54 Å². The number of aromatic nitrogens is 2. The molecule has 1 heterocycles. The minimum absolute atomic E-state index is 0.682. The van der Waals surface area contributed by atoms with Crippen molar-refractivity contribution in [2.75, 3.05) is 6.54 Å². The van der Waals surface area contributed by atoms with Crippen molar-refractivity contribution in [1.82, 2.24) is 9.78 Å². The average Bonchev–Trinajstić information content (AvgIpc) is 2.53. The Kier molecular flexibility index (Phi) is 3.78. The Morgan fingerprint density at radius 3 is 2.67 bits per heavy atom. The van der Waals surface area contributed by atoms with Crippen LogP contribution in [0.25, 0.3) is 0 Å². The zero-order valence-electron chi connectivity index (χ0n) is 9.36. The molecule has 0 amide bonds. The fraction of sp³-hybridized carbons (Fsp3) is 0.750. The molecule has 3 nitrogen and oxygen atoms in total. The molecule has 0 aliphatic heterocycles. The summed E-state index contributed by atoms with van der Waals surface area (Å²) >= 11 is 0. The summed E-state index contributed by atoms with van der Waals surface area (Å²) in [6, 6.07) is 2.17. The zero-order valence-corrected chi connectivity index (χ0v) is 9.36. The largest absolute Gasteiger partial charge is 0.329 e. The van der Waals surface area contributed by atoms with Crippen molar-refractivity contribution in [3.05, 3.63) is 18.0 Å². The van der Waals surface area contributed by atoms with Gasteiger partial charge in [0.2, 0.25) is 0 Å². The van der Waals surface area contributed by atoms with Crippen molar-refractivity contribution in [3.63, 3.8) is 0 Å². The molecule has 1 aromatic heterocycles. The number of nitrogens with two attached hydrogens (primary N) is 1. The molecular formula is C12H21N3. The summed E-state index contributed by atoms with van der Waals surface area (Å²) in [5, 5.41) is 4.35. The number of hydrogen-bond donors (Lipinski definition) is 1. The standard InChI is InChI=1S/C12H21N3/c13-8-10-15-12(7-9-14-15)11-5-3-1-2-4-6-11/h7,9,11H,1-6,8,10,13H2. The Hall–Kier alpha value is -0.830.